The molecule has 0 aliphatic carbocycles. The lowest BCUT2D eigenvalue weighted by Crippen LogP contribution is -2.42. The summed E-state index contributed by atoms with van der Waals surface area (Å²) in [5, 5.41) is 29.5. The number of carboxylic acid groups (broad SMARTS) is 1. The van der Waals surface area contributed by atoms with Gasteiger partial charge in [0.25, 0.3) is 0 Å². The number of carbonyl (C=O) groups is 1. The predicted molar refractivity (Wildman–Crippen MR) is 32.1 cm³/mol. The number of nitro groups is 2. The predicted octanol–water partition coefficient (Wildman–Crippen LogP) is -1.31. The first-order valence-corrected chi connectivity index (χ1v) is 2.98. The van der Waals surface area contributed by atoms with E-state index in [2.05, 4.69) is 0 Å². The standard InChI is InChI=1S/C4H5FN2O6/c5-4(6(10)11,7(12)13)2-1-3(8)9/h1-2H2,(H,8,9)/p-1. The van der Waals surface area contributed by atoms with Gasteiger partial charge in [-0.1, -0.05) is 4.39 Å². The molecule has 0 rings (SSSR count). The van der Waals surface area contributed by atoms with Crippen molar-refractivity contribution in [3.63, 3.8) is 0 Å². The van der Waals surface area contributed by atoms with E-state index < -0.39 is 34.6 Å². The third-order valence-corrected chi connectivity index (χ3v) is 1.21. The zero-order chi connectivity index (χ0) is 10.6. The average molecular weight is 195 g/mol. The molecule has 13 heavy (non-hydrogen) atoms. The monoisotopic (exact) mass is 195 g/mol. The Kier molecular flexibility index (Phi) is 3.22. The molecule has 9 heteroatoms. The van der Waals surface area contributed by atoms with Crippen molar-refractivity contribution < 1.29 is 24.1 Å². The molecule has 0 saturated carbocycles. The number of carbonyl (C=O) groups excluding carboxylic acids is 1. The van der Waals surface area contributed by atoms with E-state index in [0.29, 0.717) is 0 Å². The summed E-state index contributed by atoms with van der Waals surface area (Å²) in [4.78, 5) is 25.9. The number of aliphatic carboxylic acids is 1. The number of hydrogen-bond donors (Lipinski definition) is 0. The molecule has 0 radical (unpaired) electrons. The van der Waals surface area contributed by atoms with Gasteiger partial charge in [0.15, 0.2) is 0 Å². The van der Waals surface area contributed by atoms with Gasteiger partial charge in [-0.05, 0) is 0 Å². The Hall–Kier alpha value is -1.80. The zero-order valence-corrected chi connectivity index (χ0v) is 6.14. The van der Waals surface area contributed by atoms with E-state index >= 15 is 0 Å². The number of hydrogen-bond acceptors (Lipinski definition) is 6. The molecule has 0 bridgehead atoms. The normalized spacial score (nSPS) is 10.8. The fourth-order valence-electron chi connectivity index (χ4n) is 0.510. The molecule has 0 aliphatic heterocycles. The van der Waals surface area contributed by atoms with Gasteiger partial charge in [-0.3, -0.25) is 20.2 Å². The second-order valence-electron chi connectivity index (χ2n) is 2.11. The smallest absolute Gasteiger partial charge is 0.550 e. The molecule has 0 amide bonds. The summed E-state index contributed by atoms with van der Waals surface area (Å²) in [6, 6.07) is 0. The summed E-state index contributed by atoms with van der Waals surface area (Å²) in [5.41, 5.74) is 0. The van der Waals surface area contributed by atoms with Gasteiger partial charge in [0.05, 0.1) is 0 Å². The molecule has 8 nitrogen and oxygen atoms in total. The molecule has 0 atom stereocenters. The SMILES string of the molecule is O=C([O-])CCC(F)([N+](=O)[O-])[N+](=O)[O-]. The lowest BCUT2D eigenvalue weighted by molar-refractivity contribution is -0.832. The number of nitrogens with zero attached hydrogens (tertiary/aromatic N) is 2. The molecular formula is C4H4FN2O6-. The molecule has 0 aromatic heterocycles. The quantitative estimate of drug-likeness (QED) is 0.232. The summed E-state index contributed by atoms with van der Waals surface area (Å²) in [5.74, 6) is -5.73. The molecule has 74 valence electrons. The van der Waals surface area contributed by atoms with Crippen LogP contribution in [0.25, 0.3) is 0 Å². The fraction of sp³-hybridized carbons (Fsp3) is 0.750. The van der Waals surface area contributed by atoms with Gasteiger partial charge in [0.2, 0.25) is 0 Å². The van der Waals surface area contributed by atoms with Gasteiger partial charge in [0.1, 0.15) is 16.3 Å². The average Bonchev–Trinajstić information content (AvgIpc) is 1.99. The Labute approximate surface area is 70.3 Å². The third-order valence-electron chi connectivity index (χ3n) is 1.21. The van der Waals surface area contributed by atoms with E-state index in [-0.39, 0.29) is 0 Å². The lowest BCUT2D eigenvalue weighted by Gasteiger charge is -2.07. The molecule has 0 saturated heterocycles. The topological polar surface area (TPSA) is 126 Å². The van der Waals surface area contributed by atoms with Crippen LogP contribution in [0, 0.1) is 20.2 Å². The molecule has 0 aromatic rings. The van der Waals surface area contributed by atoms with Crippen LogP contribution in [0.3, 0.4) is 0 Å². The first-order chi connectivity index (χ1) is 5.80. The van der Waals surface area contributed by atoms with Crippen molar-refractivity contribution in [1.29, 1.82) is 0 Å². The van der Waals surface area contributed by atoms with Crippen LogP contribution in [-0.2, 0) is 4.79 Å². The van der Waals surface area contributed by atoms with Crippen LogP contribution in [-0.4, -0.2) is 21.7 Å². The number of halogens is 1. The molecule has 0 unspecified atom stereocenters. The Morgan fingerprint density at radius 3 is 1.92 bits per heavy atom. The highest BCUT2D eigenvalue weighted by Crippen LogP contribution is 2.19. The van der Waals surface area contributed by atoms with Gasteiger partial charge in [-0.2, -0.15) is 0 Å². The Morgan fingerprint density at radius 1 is 1.31 bits per heavy atom. The maximum atomic E-state index is 12.7. The minimum atomic E-state index is -3.94. The number of carboxylic acids is 1. The van der Waals surface area contributed by atoms with E-state index in [0.717, 1.165) is 0 Å². The maximum absolute atomic E-state index is 12.7. The minimum Gasteiger partial charge on any atom is -0.550 e. The summed E-state index contributed by atoms with van der Waals surface area (Å²) < 4.78 is 12.7. The summed E-state index contributed by atoms with van der Waals surface area (Å²) in [6.45, 7) is 0. The van der Waals surface area contributed by atoms with Crippen molar-refractivity contribution in [2.45, 2.75) is 18.8 Å². The first kappa shape index (κ1) is 11.2. The van der Waals surface area contributed by atoms with Crippen LogP contribution in [0.2, 0.25) is 0 Å². The highest BCUT2D eigenvalue weighted by Gasteiger charge is 2.56. The van der Waals surface area contributed by atoms with Crippen molar-refractivity contribution >= 4 is 5.97 Å². The number of rotatable bonds is 5. The molecule has 0 heterocycles. The number of alkyl halides is 1. The van der Waals surface area contributed by atoms with E-state index in [1.807, 2.05) is 0 Å². The van der Waals surface area contributed by atoms with Crippen molar-refractivity contribution in [3.05, 3.63) is 20.2 Å². The van der Waals surface area contributed by atoms with Gasteiger partial charge in [-0.25, -0.2) is 0 Å². The molecular weight excluding hydrogens is 191 g/mol. The lowest BCUT2D eigenvalue weighted by atomic mass is 10.2. The van der Waals surface area contributed by atoms with Crippen molar-refractivity contribution in [2.24, 2.45) is 0 Å². The van der Waals surface area contributed by atoms with Crippen LogP contribution in [0.1, 0.15) is 12.8 Å². The van der Waals surface area contributed by atoms with Gasteiger partial charge < -0.3 is 9.90 Å². The first-order valence-electron chi connectivity index (χ1n) is 2.98. The summed E-state index contributed by atoms with van der Waals surface area (Å²) in [7, 11) is 0. The van der Waals surface area contributed by atoms with Crippen molar-refractivity contribution in [1.82, 2.24) is 0 Å². The third kappa shape index (κ3) is 2.61. The molecule has 0 aromatic carbocycles. The summed E-state index contributed by atoms with van der Waals surface area (Å²) in [6.07, 6.45) is -2.44. The van der Waals surface area contributed by atoms with E-state index in [9.17, 15) is 34.5 Å². The van der Waals surface area contributed by atoms with E-state index in [1.54, 1.807) is 0 Å². The largest absolute Gasteiger partial charge is 0.614 e. The van der Waals surface area contributed by atoms with Gasteiger partial charge in [-0.15, -0.1) is 0 Å². The van der Waals surface area contributed by atoms with Crippen molar-refractivity contribution in [2.75, 3.05) is 0 Å². The highest BCUT2D eigenvalue weighted by molar-refractivity contribution is 5.64. The van der Waals surface area contributed by atoms with Gasteiger partial charge in [0, 0.05) is 12.4 Å². The van der Waals surface area contributed by atoms with Crippen LogP contribution < -0.4 is 5.11 Å². The molecule has 0 N–H and O–H groups in total. The maximum Gasteiger partial charge on any atom is 0.614 e. The second-order valence-corrected chi connectivity index (χ2v) is 2.11. The Morgan fingerprint density at radius 2 is 1.69 bits per heavy atom. The molecule has 0 aliphatic rings. The molecule has 0 fully saturated rings. The van der Waals surface area contributed by atoms with E-state index in [4.69, 9.17) is 0 Å². The Balaban J connectivity index is 4.52. The minimum absolute atomic E-state index is 1.08. The van der Waals surface area contributed by atoms with Crippen LogP contribution in [0.15, 0.2) is 0 Å². The second kappa shape index (κ2) is 3.74. The zero-order valence-electron chi connectivity index (χ0n) is 6.14. The van der Waals surface area contributed by atoms with Crippen LogP contribution in [0.4, 0.5) is 4.39 Å². The van der Waals surface area contributed by atoms with Crippen LogP contribution in [0.5, 0.6) is 0 Å². The molecule has 0 spiro atoms. The summed E-state index contributed by atoms with van der Waals surface area (Å²) >= 11 is 0. The highest BCUT2D eigenvalue weighted by atomic mass is 19.2. The Bertz CT molecular complexity index is 239. The fourth-order valence-corrected chi connectivity index (χ4v) is 0.510. The van der Waals surface area contributed by atoms with E-state index in [1.165, 1.54) is 0 Å². The van der Waals surface area contributed by atoms with Gasteiger partial charge >= 0.3 is 5.92 Å². The van der Waals surface area contributed by atoms with Crippen molar-refractivity contribution in [3.8, 4) is 0 Å². The van der Waals surface area contributed by atoms with Crippen LogP contribution >= 0.6 is 0 Å².